The summed E-state index contributed by atoms with van der Waals surface area (Å²) in [6, 6.07) is 15.7. The van der Waals surface area contributed by atoms with Gasteiger partial charge < -0.3 is 20.4 Å². The van der Waals surface area contributed by atoms with Gasteiger partial charge in [-0.1, -0.05) is 23.9 Å². The Morgan fingerprint density at radius 1 is 0.512 bits per heavy atom. The summed E-state index contributed by atoms with van der Waals surface area (Å²) in [5.41, 5.74) is 5.17. The maximum Gasteiger partial charge on any atom is 0.142 e. The summed E-state index contributed by atoms with van der Waals surface area (Å²) >= 11 is 10.1. The number of rotatable bonds is 10. The Kier molecular flexibility index (Phi) is 11.6. The Labute approximate surface area is 298 Å². The van der Waals surface area contributed by atoms with E-state index in [1.807, 2.05) is 48.5 Å². The van der Waals surface area contributed by atoms with Crippen LogP contribution < -0.4 is 0 Å². The van der Waals surface area contributed by atoms with Gasteiger partial charge in [0.25, 0.3) is 0 Å². The molecule has 0 spiro atoms. The Morgan fingerprint density at radius 2 is 0.829 bits per heavy atom. The normalized spacial score (nSPS) is 11.0. The average molecular weight is 1010 g/mol. The minimum absolute atomic E-state index is 0.252. The number of hydrogen-bond donors (Lipinski definition) is 4. The van der Waals surface area contributed by atoms with Gasteiger partial charge in [0.15, 0.2) is 0 Å². The van der Waals surface area contributed by atoms with Crippen molar-refractivity contribution in [2.24, 2.45) is 0 Å². The molecule has 0 saturated carbocycles. The molecule has 0 aliphatic carbocycles. The van der Waals surface area contributed by atoms with E-state index in [1.165, 1.54) is 0 Å². The van der Waals surface area contributed by atoms with E-state index in [9.17, 15) is 20.4 Å². The lowest BCUT2D eigenvalue weighted by atomic mass is 9.99. The van der Waals surface area contributed by atoms with Crippen molar-refractivity contribution in [3.63, 3.8) is 0 Å². The van der Waals surface area contributed by atoms with Gasteiger partial charge in [-0.25, -0.2) is 0 Å². The zero-order valence-electron chi connectivity index (χ0n) is 21.7. The third-order valence-corrected chi connectivity index (χ3v) is 10.6. The third kappa shape index (κ3) is 8.06. The maximum absolute atomic E-state index is 11.1. The van der Waals surface area contributed by atoms with E-state index in [0.717, 1.165) is 57.5 Å². The quantitative estimate of drug-likeness (QED) is 0.0941. The van der Waals surface area contributed by atoms with Crippen LogP contribution in [0.4, 0.5) is 0 Å². The summed E-state index contributed by atoms with van der Waals surface area (Å²) in [7, 11) is 0. The Morgan fingerprint density at radius 3 is 1.15 bits per heavy atom. The fourth-order valence-corrected chi connectivity index (χ4v) is 9.35. The standard InChI is InChI=1S/C32H26I4O4S/c1-3-5-19-13-23(15-21(29(19)37)7-17-9-25(33)31(39)26(34)10-17)41-24-14-20(6-4-2)30(38)22(16-24)8-18-11-27(35)32(40)28(36)12-18/h3-4,9-16,37-40H,1-2,5-8H2. The van der Waals surface area contributed by atoms with Gasteiger partial charge in [0.05, 0.1) is 14.3 Å². The van der Waals surface area contributed by atoms with Crippen molar-refractivity contribution in [1.82, 2.24) is 0 Å². The van der Waals surface area contributed by atoms with E-state index >= 15 is 0 Å². The lowest BCUT2D eigenvalue weighted by Gasteiger charge is -2.16. The maximum atomic E-state index is 11.1. The van der Waals surface area contributed by atoms with E-state index in [2.05, 4.69) is 104 Å². The Balaban J connectivity index is 1.74. The van der Waals surface area contributed by atoms with Crippen molar-refractivity contribution in [3.05, 3.63) is 122 Å². The second-order valence-corrected chi connectivity index (χ2v) is 15.2. The lowest BCUT2D eigenvalue weighted by Crippen LogP contribution is -1.97. The molecule has 4 aromatic rings. The van der Waals surface area contributed by atoms with Crippen LogP contribution in [0.5, 0.6) is 23.0 Å². The smallest absolute Gasteiger partial charge is 0.142 e. The van der Waals surface area contributed by atoms with Crippen LogP contribution in [0.2, 0.25) is 0 Å². The molecule has 0 radical (unpaired) electrons. The molecule has 4 aromatic carbocycles. The molecule has 0 saturated heterocycles. The topological polar surface area (TPSA) is 80.9 Å². The highest BCUT2D eigenvalue weighted by Gasteiger charge is 2.16. The van der Waals surface area contributed by atoms with Gasteiger partial charge in [-0.05, 0) is 185 Å². The molecule has 0 aliphatic rings. The van der Waals surface area contributed by atoms with Crippen LogP contribution in [-0.4, -0.2) is 20.4 Å². The summed E-state index contributed by atoms with van der Waals surface area (Å²) in [5.74, 6) is 1.04. The van der Waals surface area contributed by atoms with Gasteiger partial charge in [0.2, 0.25) is 0 Å². The summed E-state index contributed by atoms with van der Waals surface area (Å²) in [4.78, 5) is 1.93. The van der Waals surface area contributed by atoms with E-state index in [0.29, 0.717) is 25.7 Å². The predicted molar refractivity (Wildman–Crippen MR) is 201 cm³/mol. The van der Waals surface area contributed by atoms with Gasteiger partial charge >= 0.3 is 0 Å². The lowest BCUT2D eigenvalue weighted by molar-refractivity contribution is 0.462. The van der Waals surface area contributed by atoms with Gasteiger partial charge in [-0.3, -0.25) is 0 Å². The predicted octanol–water partition coefficient (Wildman–Crippen LogP) is 9.72. The van der Waals surface area contributed by atoms with Crippen LogP contribution >= 0.6 is 102 Å². The van der Waals surface area contributed by atoms with Gasteiger partial charge in [-0.2, -0.15) is 0 Å². The van der Waals surface area contributed by atoms with Crippen LogP contribution in [0.1, 0.15) is 33.4 Å². The number of hydrogen-bond acceptors (Lipinski definition) is 5. The summed E-state index contributed by atoms with van der Waals surface area (Å²) in [6.07, 6.45) is 5.63. The van der Waals surface area contributed by atoms with Crippen LogP contribution in [0.25, 0.3) is 0 Å². The average Bonchev–Trinajstić information content (AvgIpc) is 2.91. The van der Waals surface area contributed by atoms with E-state index in [-0.39, 0.29) is 23.0 Å². The Hall–Kier alpha value is -1.17. The highest BCUT2D eigenvalue weighted by atomic mass is 127. The van der Waals surface area contributed by atoms with Crippen molar-refractivity contribution >= 4 is 102 Å². The minimum atomic E-state index is 0.252. The molecule has 0 unspecified atom stereocenters. The van der Waals surface area contributed by atoms with Gasteiger partial charge in [0, 0.05) is 22.6 Å². The summed E-state index contributed by atoms with van der Waals surface area (Å²) in [5, 5.41) is 42.6. The molecule has 0 heterocycles. The molecule has 9 heteroatoms. The number of halogens is 4. The molecule has 41 heavy (non-hydrogen) atoms. The van der Waals surface area contributed by atoms with E-state index in [1.54, 1.807) is 23.9 Å². The molecule has 0 aliphatic heterocycles. The molecule has 0 atom stereocenters. The van der Waals surface area contributed by atoms with Crippen LogP contribution in [0.15, 0.2) is 83.6 Å². The number of phenols is 4. The number of allylic oxidation sites excluding steroid dienone is 2. The summed E-state index contributed by atoms with van der Waals surface area (Å²) in [6.45, 7) is 7.73. The molecule has 0 amide bonds. The molecular formula is C32H26I4O4S. The van der Waals surface area contributed by atoms with E-state index < -0.39 is 0 Å². The number of benzene rings is 4. The zero-order chi connectivity index (χ0) is 29.8. The summed E-state index contributed by atoms with van der Waals surface area (Å²) < 4.78 is 3.07. The largest absolute Gasteiger partial charge is 0.507 e. The fraction of sp³-hybridized carbons (Fsp3) is 0.125. The second kappa shape index (κ2) is 14.5. The molecule has 0 fully saturated rings. The van der Waals surface area contributed by atoms with Gasteiger partial charge in [-0.15, -0.1) is 13.2 Å². The number of phenolic OH excluding ortho intramolecular Hbond substituents is 4. The first-order chi connectivity index (χ1) is 19.5. The van der Waals surface area contributed by atoms with Crippen molar-refractivity contribution in [2.45, 2.75) is 35.5 Å². The SMILES string of the molecule is C=CCc1cc(Sc2cc(CC=C)c(O)c(Cc3cc(I)c(O)c(I)c3)c2)cc(Cc2cc(I)c(O)c(I)c2)c1O. The first-order valence-corrected chi connectivity index (χ1v) is 17.6. The highest BCUT2D eigenvalue weighted by Crippen LogP contribution is 2.39. The molecule has 0 bridgehead atoms. The van der Waals surface area contributed by atoms with Gasteiger partial charge in [0.1, 0.15) is 23.0 Å². The number of aromatic hydroxyl groups is 4. The van der Waals surface area contributed by atoms with Crippen molar-refractivity contribution < 1.29 is 20.4 Å². The molecule has 4 nitrogen and oxygen atoms in total. The molecule has 4 N–H and O–H groups in total. The monoisotopic (exact) mass is 1010 g/mol. The fourth-order valence-electron chi connectivity index (χ4n) is 4.48. The van der Waals surface area contributed by atoms with E-state index in [4.69, 9.17) is 0 Å². The molecule has 0 aromatic heterocycles. The van der Waals surface area contributed by atoms with Crippen LogP contribution in [-0.2, 0) is 25.7 Å². The first-order valence-electron chi connectivity index (χ1n) is 12.4. The van der Waals surface area contributed by atoms with Crippen LogP contribution in [0, 0.1) is 14.3 Å². The highest BCUT2D eigenvalue weighted by molar-refractivity contribution is 14.1. The Bertz CT molecular complexity index is 1480. The van der Waals surface area contributed by atoms with Crippen molar-refractivity contribution in [1.29, 1.82) is 0 Å². The molecule has 212 valence electrons. The third-order valence-electron chi connectivity index (χ3n) is 6.39. The van der Waals surface area contributed by atoms with Crippen molar-refractivity contribution in [2.75, 3.05) is 0 Å². The molecule has 4 rings (SSSR count). The zero-order valence-corrected chi connectivity index (χ0v) is 31.2. The van der Waals surface area contributed by atoms with Crippen molar-refractivity contribution in [3.8, 4) is 23.0 Å². The molecular weight excluding hydrogens is 988 g/mol. The minimum Gasteiger partial charge on any atom is -0.507 e. The second-order valence-electron chi connectivity index (χ2n) is 9.44. The van der Waals surface area contributed by atoms with Crippen LogP contribution in [0.3, 0.4) is 0 Å². The first kappa shape index (κ1) is 32.7.